The van der Waals surface area contributed by atoms with Gasteiger partial charge in [0.15, 0.2) is 0 Å². The molecule has 6 heteroatoms. The van der Waals surface area contributed by atoms with Crippen LogP contribution in [0.4, 0.5) is 4.79 Å². The number of methoxy groups -OCH3 is 1. The second-order valence-corrected chi connectivity index (χ2v) is 10.8. The van der Waals surface area contributed by atoms with Crippen LogP contribution >= 0.6 is 0 Å². The van der Waals surface area contributed by atoms with E-state index in [0.717, 1.165) is 11.1 Å². The third-order valence-corrected chi connectivity index (χ3v) is 7.68. The first-order chi connectivity index (χ1) is 16.6. The van der Waals surface area contributed by atoms with Crippen LogP contribution in [0.5, 0.6) is 0 Å². The number of carboxylic acid groups (broad SMARTS) is 1. The van der Waals surface area contributed by atoms with Gasteiger partial charge in [0.25, 0.3) is 0 Å². The minimum Gasteiger partial charge on any atom is -0.468 e. The van der Waals surface area contributed by atoms with E-state index in [4.69, 9.17) is 4.74 Å². The number of esters is 1. The molecule has 0 radical (unpaired) electrons. The molecule has 2 atom stereocenters. The van der Waals surface area contributed by atoms with Crippen LogP contribution in [0.1, 0.15) is 64.0 Å². The van der Waals surface area contributed by atoms with E-state index in [0.29, 0.717) is 38.6 Å². The number of carbonyl (C=O) groups excluding carboxylic acids is 1. The first kappa shape index (κ1) is 26.3. The highest BCUT2D eigenvalue weighted by molar-refractivity contribution is 5.87. The van der Waals surface area contributed by atoms with Crippen molar-refractivity contribution in [1.82, 2.24) is 4.90 Å². The third kappa shape index (κ3) is 5.35. The molecule has 0 aromatic heterocycles. The predicted octanol–water partition coefficient (Wildman–Crippen LogP) is 6.01. The van der Waals surface area contributed by atoms with Gasteiger partial charge in [-0.15, -0.1) is 0 Å². The number of carbonyl (C=O) groups is 2. The summed E-state index contributed by atoms with van der Waals surface area (Å²) in [6.45, 7) is 6.51. The molecule has 1 amide bonds. The van der Waals surface area contributed by atoms with Gasteiger partial charge in [-0.3, -0.25) is 4.79 Å². The maximum absolute atomic E-state index is 13.6. The summed E-state index contributed by atoms with van der Waals surface area (Å²) in [7, 11) is 1.41. The van der Waals surface area contributed by atoms with Gasteiger partial charge in [0.2, 0.25) is 0 Å². The van der Waals surface area contributed by atoms with Crippen LogP contribution in [-0.2, 0) is 14.9 Å². The van der Waals surface area contributed by atoms with Crippen LogP contribution < -0.4 is 0 Å². The molecule has 2 aromatic rings. The van der Waals surface area contributed by atoms with Gasteiger partial charge in [-0.05, 0) is 47.6 Å². The van der Waals surface area contributed by atoms with Crippen LogP contribution in [0.3, 0.4) is 0 Å². The second-order valence-electron chi connectivity index (χ2n) is 10.8. The zero-order valence-corrected chi connectivity index (χ0v) is 21.2. The molecular weight excluding hydrogens is 440 g/mol. The molecule has 0 saturated carbocycles. The summed E-state index contributed by atoms with van der Waals surface area (Å²) in [5.41, 5.74) is -0.0128. The first-order valence-corrected chi connectivity index (χ1v) is 12.2. The normalized spacial score (nSPS) is 20.7. The van der Waals surface area contributed by atoms with Crippen LogP contribution in [0, 0.1) is 22.2 Å². The van der Waals surface area contributed by atoms with Gasteiger partial charge in [0.1, 0.15) is 5.41 Å². The molecule has 0 aliphatic carbocycles. The molecule has 1 aliphatic heterocycles. The van der Waals surface area contributed by atoms with Crippen molar-refractivity contribution in [2.24, 2.45) is 10.8 Å². The number of nitriles is 1. The number of amides is 1. The Bertz CT molecular complexity index is 1020. The summed E-state index contributed by atoms with van der Waals surface area (Å²) in [5, 5.41) is 19.6. The molecule has 3 rings (SSSR count). The predicted molar refractivity (Wildman–Crippen MR) is 135 cm³/mol. The number of hydrogen-bond acceptors (Lipinski definition) is 4. The Kier molecular flexibility index (Phi) is 7.90. The summed E-state index contributed by atoms with van der Waals surface area (Å²) in [6.07, 6.45) is 1.61. The van der Waals surface area contributed by atoms with Crippen LogP contribution in [0.15, 0.2) is 60.7 Å². The van der Waals surface area contributed by atoms with E-state index in [1.165, 1.54) is 12.0 Å². The lowest BCUT2D eigenvalue weighted by Gasteiger charge is -2.50. The molecule has 186 valence electrons. The molecule has 1 fully saturated rings. The number of piperidine rings is 1. The van der Waals surface area contributed by atoms with Crippen LogP contribution in [0.25, 0.3) is 0 Å². The molecule has 0 bridgehead atoms. The molecule has 2 unspecified atom stereocenters. The zero-order valence-electron chi connectivity index (χ0n) is 21.2. The molecule has 0 spiro atoms. The fourth-order valence-electron chi connectivity index (χ4n) is 5.65. The molecule has 1 N–H and O–H groups in total. The fraction of sp³-hybridized carbons (Fsp3) is 0.483. The highest BCUT2D eigenvalue weighted by Crippen LogP contribution is 2.49. The summed E-state index contributed by atoms with van der Waals surface area (Å²) >= 11 is 0. The maximum Gasteiger partial charge on any atom is 0.407 e. The standard InChI is InChI=1S/C29H36N2O4/c1-27(2,3)24-21-28(17-19-30,18-20-31(24)26(33)34)15-16-29(25(32)35-4,22-11-7-5-8-12-22)23-13-9-6-10-14-23/h5-14,24H,15-18,20-21H2,1-4H3,(H,33,34). The van der Waals surface area contributed by atoms with Crippen LogP contribution in [0.2, 0.25) is 0 Å². The van der Waals surface area contributed by atoms with Crippen molar-refractivity contribution >= 4 is 12.1 Å². The quantitative estimate of drug-likeness (QED) is 0.494. The fourth-order valence-corrected chi connectivity index (χ4v) is 5.65. The smallest absolute Gasteiger partial charge is 0.407 e. The van der Waals surface area contributed by atoms with E-state index >= 15 is 0 Å². The first-order valence-electron chi connectivity index (χ1n) is 12.2. The Morgan fingerprint density at radius 1 is 1.09 bits per heavy atom. The Morgan fingerprint density at radius 3 is 2.06 bits per heavy atom. The number of benzene rings is 2. The molecule has 35 heavy (non-hydrogen) atoms. The van der Waals surface area contributed by atoms with Gasteiger partial charge < -0.3 is 14.7 Å². The number of hydrogen-bond donors (Lipinski definition) is 1. The zero-order chi connectivity index (χ0) is 25.7. The Hall–Kier alpha value is -3.33. The Morgan fingerprint density at radius 2 is 1.63 bits per heavy atom. The van der Waals surface area contributed by atoms with Gasteiger partial charge in [-0.1, -0.05) is 81.4 Å². The number of rotatable bonds is 7. The lowest BCUT2D eigenvalue weighted by Crippen LogP contribution is -2.55. The average Bonchev–Trinajstić information content (AvgIpc) is 2.85. The summed E-state index contributed by atoms with van der Waals surface area (Å²) in [6, 6.07) is 21.5. The van der Waals surface area contributed by atoms with E-state index in [2.05, 4.69) is 6.07 Å². The van der Waals surface area contributed by atoms with Crippen LogP contribution in [-0.4, -0.2) is 41.8 Å². The minimum atomic E-state index is -1.03. The van der Waals surface area contributed by atoms with E-state index in [-0.39, 0.29) is 17.4 Å². The monoisotopic (exact) mass is 476 g/mol. The Labute approximate surface area is 208 Å². The van der Waals surface area contributed by atoms with Crippen molar-refractivity contribution in [1.29, 1.82) is 5.26 Å². The number of nitrogens with zero attached hydrogens (tertiary/aromatic N) is 2. The highest BCUT2D eigenvalue weighted by atomic mass is 16.5. The number of ether oxygens (including phenoxy) is 1. The van der Waals surface area contributed by atoms with E-state index in [9.17, 15) is 20.0 Å². The summed E-state index contributed by atoms with van der Waals surface area (Å²) in [4.78, 5) is 27.1. The molecular formula is C29H36N2O4. The topological polar surface area (TPSA) is 90.6 Å². The van der Waals surface area contributed by atoms with E-state index < -0.39 is 16.9 Å². The van der Waals surface area contributed by atoms with Crippen molar-refractivity contribution in [3.8, 4) is 6.07 Å². The van der Waals surface area contributed by atoms with Crippen molar-refractivity contribution in [3.63, 3.8) is 0 Å². The maximum atomic E-state index is 13.6. The molecule has 1 aliphatic rings. The number of likely N-dealkylation sites (tertiary alicyclic amines) is 1. The van der Waals surface area contributed by atoms with Gasteiger partial charge in [-0.25, -0.2) is 4.79 Å². The highest BCUT2D eigenvalue weighted by Gasteiger charge is 2.49. The Balaban J connectivity index is 2.07. The molecule has 2 aromatic carbocycles. The average molecular weight is 477 g/mol. The van der Waals surface area contributed by atoms with Crippen molar-refractivity contribution in [3.05, 3.63) is 71.8 Å². The third-order valence-electron chi connectivity index (χ3n) is 7.68. The summed E-state index contributed by atoms with van der Waals surface area (Å²) in [5.74, 6) is -0.336. The lowest BCUT2D eigenvalue weighted by atomic mass is 9.62. The van der Waals surface area contributed by atoms with Crippen molar-refractivity contribution in [2.45, 2.75) is 64.3 Å². The largest absolute Gasteiger partial charge is 0.468 e. The van der Waals surface area contributed by atoms with E-state index in [1.807, 2.05) is 81.4 Å². The second kappa shape index (κ2) is 10.5. The van der Waals surface area contributed by atoms with Gasteiger partial charge in [0, 0.05) is 19.0 Å². The lowest BCUT2D eigenvalue weighted by molar-refractivity contribution is -0.146. The SMILES string of the molecule is COC(=O)C(CCC1(CC#N)CCN(C(=O)O)C(C(C)(C)C)C1)(c1ccccc1)c1ccccc1. The van der Waals surface area contributed by atoms with Crippen molar-refractivity contribution in [2.75, 3.05) is 13.7 Å². The van der Waals surface area contributed by atoms with Gasteiger partial charge in [0.05, 0.1) is 13.2 Å². The summed E-state index contributed by atoms with van der Waals surface area (Å²) < 4.78 is 5.39. The molecule has 1 saturated heterocycles. The molecule has 1 heterocycles. The minimum absolute atomic E-state index is 0.219. The van der Waals surface area contributed by atoms with Crippen molar-refractivity contribution < 1.29 is 19.4 Å². The van der Waals surface area contributed by atoms with Gasteiger partial charge >= 0.3 is 12.1 Å². The molecule has 6 nitrogen and oxygen atoms in total. The van der Waals surface area contributed by atoms with Gasteiger partial charge in [-0.2, -0.15) is 5.26 Å². The van der Waals surface area contributed by atoms with E-state index in [1.54, 1.807) is 0 Å².